The standard InChI is InChI=1S/C24H31N5O2/c1-2-4-23(30)28-15-11-19(12-16-28)18-6-8-21(9-7-18)29(22-5-3-13-26-27-22)24(31)20-10-14-25-17-20/h3,5-9,13,19-20,25H,2,4,10-12,14-17H2,1H3/t20-/m0/s1. The van der Waals surface area contributed by atoms with Crippen LogP contribution >= 0.6 is 0 Å². The van der Waals surface area contributed by atoms with Gasteiger partial charge in [-0.25, -0.2) is 0 Å². The van der Waals surface area contributed by atoms with Gasteiger partial charge in [-0.2, -0.15) is 5.10 Å². The normalized spacial score (nSPS) is 19.4. The van der Waals surface area contributed by atoms with Crippen molar-refractivity contribution in [3.8, 4) is 0 Å². The van der Waals surface area contributed by atoms with Crippen LogP contribution < -0.4 is 10.2 Å². The van der Waals surface area contributed by atoms with E-state index in [0.29, 0.717) is 24.7 Å². The average molecular weight is 422 g/mol. The molecule has 7 nitrogen and oxygen atoms in total. The number of anilines is 2. The van der Waals surface area contributed by atoms with Gasteiger partial charge in [0.05, 0.1) is 11.6 Å². The molecule has 164 valence electrons. The molecular weight excluding hydrogens is 390 g/mol. The molecule has 0 saturated carbocycles. The largest absolute Gasteiger partial charge is 0.343 e. The van der Waals surface area contributed by atoms with Crippen LogP contribution in [0.2, 0.25) is 0 Å². The molecule has 1 aromatic heterocycles. The Bertz CT molecular complexity index is 873. The van der Waals surface area contributed by atoms with Crippen molar-refractivity contribution < 1.29 is 9.59 Å². The molecule has 2 saturated heterocycles. The van der Waals surface area contributed by atoms with Crippen molar-refractivity contribution in [3.05, 3.63) is 48.2 Å². The number of benzene rings is 1. The number of likely N-dealkylation sites (tertiary alicyclic amines) is 1. The fourth-order valence-corrected chi connectivity index (χ4v) is 4.56. The van der Waals surface area contributed by atoms with Gasteiger partial charge in [-0.3, -0.25) is 14.5 Å². The Morgan fingerprint density at radius 3 is 2.52 bits per heavy atom. The van der Waals surface area contributed by atoms with Gasteiger partial charge >= 0.3 is 0 Å². The molecule has 4 rings (SSSR count). The summed E-state index contributed by atoms with van der Waals surface area (Å²) in [6.45, 7) is 5.25. The van der Waals surface area contributed by atoms with Gasteiger partial charge in [-0.05, 0) is 68.0 Å². The number of carbonyl (C=O) groups excluding carboxylic acids is 2. The highest BCUT2D eigenvalue weighted by Gasteiger charge is 2.30. The van der Waals surface area contributed by atoms with Gasteiger partial charge < -0.3 is 10.2 Å². The zero-order chi connectivity index (χ0) is 21.6. The van der Waals surface area contributed by atoms with Crippen molar-refractivity contribution in [2.24, 2.45) is 5.92 Å². The predicted octanol–water partition coefficient (Wildman–Crippen LogP) is 3.26. The van der Waals surface area contributed by atoms with Crippen LogP contribution in [0.1, 0.15) is 50.5 Å². The van der Waals surface area contributed by atoms with Crippen molar-refractivity contribution in [1.82, 2.24) is 20.4 Å². The summed E-state index contributed by atoms with van der Waals surface area (Å²) >= 11 is 0. The molecule has 2 aliphatic heterocycles. The summed E-state index contributed by atoms with van der Waals surface area (Å²) in [5.41, 5.74) is 2.08. The first-order valence-electron chi connectivity index (χ1n) is 11.4. The van der Waals surface area contributed by atoms with Crippen LogP contribution in [-0.4, -0.2) is 53.1 Å². The smallest absolute Gasteiger partial charge is 0.237 e. The van der Waals surface area contributed by atoms with Crippen LogP contribution in [0.4, 0.5) is 11.5 Å². The second kappa shape index (κ2) is 10.0. The third-order valence-corrected chi connectivity index (χ3v) is 6.35. The van der Waals surface area contributed by atoms with Crippen LogP contribution in [0.5, 0.6) is 0 Å². The zero-order valence-electron chi connectivity index (χ0n) is 18.2. The molecule has 3 heterocycles. The van der Waals surface area contributed by atoms with Crippen molar-refractivity contribution in [3.63, 3.8) is 0 Å². The Morgan fingerprint density at radius 2 is 1.90 bits per heavy atom. The number of hydrogen-bond acceptors (Lipinski definition) is 5. The van der Waals surface area contributed by atoms with Crippen molar-refractivity contribution >= 4 is 23.3 Å². The first kappa shape index (κ1) is 21.4. The molecule has 2 fully saturated rings. The van der Waals surface area contributed by atoms with E-state index >= 15 is 0 Å². The molecule has 1 aromatic carbocycles. The van der Waals surface area contributed by atoms with Crippen LogP contribution in [0.25, 0.3) is 0 Å². The van der Waals surface area contributed by atoms with Gasteiger partial charge in [-0.1, -0.05) is 19.1 Å². The Kier molecular flexibility index (Phi) is 6.92. The summed E-state index contributed by atoms with van der Waals surface area (Å²) in [4.78, 5) is 29.1. The Balaban J connectivity index is 1.48. The number of hydrogen-bond donors (Lipinski definition) is 1. The van der Waals surface area contributed by atoms with Crippen molar-refractivity contribution in [2.75, 3.05) is 31.1 Å². The first-order chi connectivity index (χ1) is 15.2. The van der Waals surface area contributed by atoms with Gasteiger partial charge in [0.15, 0.2) is 5.82 Å². The summed E-state index contributed by atoms with van der Waals surface area (Å²) in [5, 5.41) is 11.4. The number of nitrogens with zero attached hydrogens (tertiary/aromatic N) is 4. The molecule has 0 bridgehead atoms. The topological polar surface area (TPSA) is 78.4 Å². The van der Waals surface area contributed by atoms with Gasteiger partial charge in [0, 0.05) is 32.3 Å². The first-order valence-corrected chi connectivity index (χ1v) is 11.4. The van der Waals surface area contributed by atoms with Gasteiger partial charge in [0.25, 0.3) is 0 Å². The Morgan fingerprint density at radius 1 is 1.13 bits per heavy atom. The number of aromatic nitrogens is 2. The minimum absolute atomic E-state index is 0.0494. The Hall–Kier alpha value is -2.80. The SMILES string of the molecule is CCCC(=O)N1CCC(c2ccc(N(C(=O)[C@H]3CCNC3)c3cccnn3)cc2)CC1. The third-order valence-electron chi connectivity index (χ3n) is 6.35. The lowest BCUT2D eigenvalue weighted by atomic mass is 9.89. The van der Waals surface area contributed by atoms with E-state index in [1.807, 2.05) is 30.0 Å². The fourth-order valence-electron chi connectivity index (χ4n) is 4.56. The van der Waals surface area contributed by atoms with E-state index in [4.69, 9.17) is 0 Å². The van der Waals surface area contributed by atoms with E-state index in [-0.39, 0.29) is 17.7 Å². The maximum Gasteiger partial charge on any atom is 0.237 e. The summed E-state index contributed by atoms with van der Waals surface area (Å²) in [6.07, 6.45) is 5.96. The quantitative estimate of drug-likeness (QED) is 0.775. The molecule has 1 atom stereocenters. The number of nitrogens with one attached hydrogen (secondary N) is 1. The number of carbonyl (C=O) groups is 2. The van der Waals surface area contributed by atoms with Crippen LogP contribution in [0.15, 0.2) is 42.6 Å². The molecule has 1 N–H and O–H groups in total. The summed E-state index contributed by atoms with van der Waals surface area (Å²) in [7, 11) is 0. The molecule has 0 spiro atoms. The maximum absolute atomic E-state index is 13.3. The van der Waals surface area contributed by atoms with E-state index in [2.05, 4.69) is 27.6 Å². The van der Waals surface area contributed by atoms with Crippen LogP contribution in [0.3, 0.4) is 0 Å². The molecule has 2 aromatic rings. The second-order valence-corrected chi connectivity index (χ2v) is 8.44. The number of rotatable bonds is 6. The van der Waals surface area contributed by atoms with Gasteiger partial charge in [0.2, 0.25) is 11.8 Å². The van der Waals surface area contributed by atoms with Crippen molar-refractivity contribution in [2.45, 2.75) is 44.9 Å². The molecule has 0 radical (unpaired) electrons. The molecule has 7 heteroatoms. The van der Waals surface area contributed by atoms with E-state index in [0.717, 1.165) is 51.0 Å². The highest BCUT2D eigenvalue weighted by atomic mass is 16.2. The van der Waals surface area contributed by atoms with E-state index < -0.39 is 0 Å². The van der Waals surface area contributed by atoms with E-state index in [9.17, 15) is 9.59 Å². The van der Waals surface area contributed by atoms with Gasteiger partial charge in [-0.15, -0.1) is 5.10 Å². The number of amides is 2. The fraction of sp³-hybridized carbons (Fsp3) is 0.500. The second-order valence-electron chi connectivity index (χ2n) is 8.44. The minimum Gasteiger partial charge on any atom is -0.343 e. The third kappa shape index (κ3) is 4.93. The van der Waals surface area contributed by atoms with Crippen LogP contribution in [0, 0.1) is 5.92 Å². The highest BCUT2D eigenvalue weighted by molar-refractivity contribution is 6.01. The summed E-state index contributed by atoms with van der Waals surface area (Å²) in [5.74, 6) is 1.28. The zero-order valence-corrected chi connectivity index (χ0v) is 18.2. The molecule has 2 aliphatic rings. The minimum atomic E-state index is -0.0494. The molecule has 0 aliphatic carbocycles. The Labute approximate surface area is 183 Å². The maximum atomic E-state index is 13.3. The van der Waals surface area contributed by atoms with Crippen molar-refractivity contribution in [1.29, 1.82) is 0 Å². The van der Waals surface area contributed by atoms with E-state index in [1.54, 1.807) is 17.2 Å². The average Bonchev–Trinajstić information content (AvgIpc) is 3.36. The van der Waals surface area contributed by atoms with Crippen LogP contribution in [-0.2, 0) is 9.59 Å². The monoisotopic (exact) mass is 421 g/mol. The summed E-state index contributed by atoms with van der Waals surface area (Å²) in [6, 6.07) is 11.9. The highest BCUT2D eigenvalue weighted by Crippen LogP contribution is 2.32. The molecule has 2 amide bonds. The summed E-state index contributed by atoms with van der Waals surface area (Å²) < 4.78 is 0. The lowest BCUT2D eigenvalue weighted by molar-refractivity contribution is -0.132. The molecular formula is C24H31N5O2. The lowest BCUT2D eigenvalue weighted by Crippen LogP contribution is -2.37. The molecule has 31 heavy (non-hydrogen) atoms. The van der Waals surface area contributed by atoms with Gasteiger partial charge in [0.1, 0.15) is 0 Å². The number of piperidine rings is 1. The molecule has 0 unspecified atom stereocenters. The lowest BCUT2D eigenvalue weighted by Gasteiger charge is -2.32. The van der Waals surface area contributed by atoms with E-state index in [1.165, 1.54) is 5.56 Å². The predicted molar refractivity (Wildman–Crippen MR) is 120 cm³/mol.